The van der Waals surface area contributed by atoms with Gasteiger partial charge in [0.05, 0.1) is 17.8 Å². The molecule has 1 aromatic carbocycles. The quantitative estimate of drug-likeness (QED) is 0.653. The standard InChI is InChI=1S/C6H5Cl2O3PS/c7-4-2-1-3-5(6(4)8)12-13(9,10)11/h1-3,12H,(H,9,10,11). The second-order valence-corrected chi connectivity index (χ2v) is 6.82. The van der Waals surface area contributed by atoms with E-state index in [1.54, 1.807) is 12.1 Å². The van der Waals surface area contributed by atoms with Gasteiger partial charge >= 0.3 is 0 Å². The van der Waals surface area contributed by atoms with Crippen molar-refractivity contribution < 1.29 is 13.0 Å². The van der Waals surface area contributed by atoms with E-state index in [9.17, 15) is 8.42 Å². The average Bonchev–Trinajstić information content (AvgIpc) is 1.96. The highest BCUT2D eigenvalue weighted by molar-refractivity contribution is 8.42. The van der Waals surface area contributed by atoms with Gasteiger partial charge in [0.1, 0.15) is 0 Å². The molecule has 72 valence electrons. The van der Waals surface area contributed by atoms with Crippen molar-refractivity contribution >= 4 is 46.0 Å². The third-order valence-corrected chi connectivity index (χ3v) is 4.50. The Kier molecular flexibility index (Phi) is 3.55. The number of hydrogen-bond acceptors (Lipinski definition) is 2. The van der Waals surface area contributed by atoms with Crippen molar-refractivity contribution in [2.24, 2.45) is 0 Å². The minimum absolute atomic E-state index is 0.167. The number of benzene rings is 1. The fourth-order valence-electron chi connectivity index (χ4n) is 0.722. The summed E-state index contributed by atoms with van der Waals surface area (Å²) in [5.41, 5.74) is 0. The van der Waals surface area contributed by atoms with Gasteiger partial charge in [0.15, 0.2) is 0 Å². The molecule has 0 radical (unpaired) electrons. The van der Waals surface area contributed by atoms with Crippen LogP contribution in [0, 0.1) is 0 Å². The van der Waals surface area contributed by atoms with E-state index in [2.05, 4.69) is 0 Å². The van der Waals surface area contributed by atoms with Gasteiger partial charge in [-0.2, -0.15) is 8.42 Å². The molecule has 1 N–H and O–H groups in total. The van der Waals surface area contributed by atoms with Crippen molar-refractivity contribution in [3.8, 4) is 0 Å². The molecule has 1 unspecified atom stereocenters. The Bertz CT molecular complexity index is 418. The number of hydrogen-bond donors (Lipinski definition) is 1. The SMILES string of the molecule is O=S(=O)(O)Pc1cccc(Cl)c1Cl. The van der Waals surface area contributed by atoms with Crippen molar-refractivity contribution in [2.45, 2.75) is 0 Å². The Hall–Kier alpha value is 0.140. The summed E-state index contributed by atoms with van der Waals surface area (Å²) in [6.07, 6.45) is 0. The van der Waals surface area contributed by atoms with Crippen LogP contribution in [0.2, 0.25) is 10.0 Å². The highest BCUT2D eigenvalue weighted by Gasteiger charge is 2.11. The van der Waals surface area contributed by atoms with Crippen LogP contribution < -0.4 is 5.30 Å². The van der Waals surface area contributed by atoms with E-state index in [1.807, 2.05) is 0 Å². The first-order valence-electron chi connectivity index (χ1n) is 3.09. The Morgan fingerprint density at radius 2 is 1.92 bits per heavy atom. The molecular formula is C6H5Cl2O3PS. The Morgan fingerprint density at radius 1 is 1.31 bits per heavy atom. The zero-order chi connectivity index (χ0) is 10.1. The number of rotatable bonds is 2. The Labute approximate surface area is 87.3 Å². The molecule has 0 saturated carbocycles. The van der Waals surface area contributed by atoms with Gasteiger partial charge in [-0.1, -0.05) is 35.3 Å². The summed E-state index contributed by atoms with van der Waals surface area (Å²) in [4.78, 5) is 0. The third kappa shape index (κ3) is 3.41. The second-order valence-electron chi connectivity index (χ2n) is 2.18. The van der Waals surface area contributed by atoms with E-state index in [1.165, 1.54) is 6.07 Å². The molecule has 0 saturated heterocycles. The fourth-order valence-corrected chi connectivity index (χ4v) is 3.42. The van der Waals surface area contributed by atoms with E-state index in [4.69, 9.17) is 27.8 Å². The summed E-state index contributed by atoms with van der Waals surface area (Å²) in [5.74, 6) is 0. The molecule has 0 aromatic heterocycles. The van der Waals surface area contributed by atoms with Gasteiger partial charge in [-0.3, -0.25) is 4.55 Å². The smallest absolute Gasteiger partial charge is 0.282 e. The molecule has 0 heterocycles. The van der Waals surface area contributed by atoms with Crippen LogP contribution in [0.4, 0.5) is 0 Å². The molecule has 0 aliphatic heterocycles. The van der Waals surface area contributed by atoms with Crippen LogP contribution >= 0.6 is 31.0 Å². The molecule has 0 aliphatic rings. The van der Waals surface area contributed by atoms with Gasteiger partial charge in [-0.05, 0) is 6.07 Å². The van der Waals surface area contributed by atoms with Crippen molar-refractivity contribution in [3.05, 3.63) is 28.2 Å². The predicted molar refractivity (Wildman–Crippen MR) is 56.0 cm³/mol. The summed E-state index contributed by atoms with van der Waals surface area (Å²) in [5, 5.41) is 0.757. The highest BCUT2D eigenvalue weighted by atomic mass is 35.5. The molecular weight excluding hydrogens is 254 g/mol. The lowest BCUT2D eigenvalue weighted by Crippen LogP contribution is -2.01. The van der Waals surface area contributed by atoms with Crippen LogP contribution in [-0.4, -0.2) is 13.0 Å². The topological polar surface area (TPSA) is 54.4 Å². The van der Waals surface area contributed by atoms with Crippen LogP contribution in [0.25, 0.3) is 0 Å². The molecule has 1 atom stereocenters. The monoisotopic (exact) mass is 258 g/mol. The van der Waals surface area contributed by atoms with Gasteiger partial charge in [0.2, 0.25) is 0 Å². The third-order valence-electron chi connectivity index (χ3n) is 1.19. The maximum Gasteiger partial charge on any atom is 0.282 e. The number of halogens is 2. The van der Waals surface area contributed by atoms with Crippen molar-refractivity contribution in [3.63, 3.8) is 0 Å². The van der Waals surface area contributed by atoms with E-state index in [0.717, 1.165) is 0 Å². The summed E-state index contributed by atoms with van der Waals surface area (Å²) in [7, 11) is -4.81. The average molecular weight is 259 g/mol. The fraction of sp³-hybridized carbons (Fsp3) is 0. The molecule has 1 aromatic rings. The van der Waals surface area contributed by atoms with Gasteiger partial charge < -0.3 is 0 Å². The van der Waals surface area contributed by atoms with E-state index in [-0.39, 0.29) is 10.0 Å². The summed E-state index contributed by atoms with van der Waals surface area (Å²) in [6.45, 7) is 0. The molecule has 0 spiro atoms. The van der Waals surface area contributed by atoms with Crippen molar-refractivity contribution in [1.82, 2.24) is 0 Å². The summed E-state index contributed by atoms with van der Waals surface area (Å²) < 4.78 is 29.6. The van der Waals surface area contributed by atoms with Crippen LogP contribution in [-0.2, 0) is 9.74 Å². The minimum Gasteiger partial charge on any atom is -0.283 e. The molecule has 0 fully saturated rings. The van der Waals surface area contributed by atoms with E-state index < -0.39 is 17.5 Å². The Balaban J connectivity index is 3.10. The summed E-state index contributed by atoms with van der Waals surface area (Å²) in [6, 6.07) is 4.62. The first-order valence-corrected chi connectivity index (χ1v) is 7.01. The zero-order valence-electron chi connectivity index (χ0n) is 6.16. The van der Waals surface area contributed by atoms with Gasteiger partial charge in [0, 0.05) is 5.30 Å². The molecule has 0 bridgehead atoms. The van der Waals surface area contributed by atoms with Gasteiger partial charge in [0.25, 0.3) is 9.74 Å². The summed E-state index contributed by atoms with van der Waals surface area (Å²) >= 11 is 11.3. The van der Waals surface area contributed by atoms with E-state index in [0.29, 0.717) is 5.30 Å². The largest absolute Gasteiger partial charge is 0.283 e. The maximum absolute atomic E-state index is 10.5. The zero-order valence-corrected chi connectivity index (χ0v) is 9.49. The lowest BCUT2D eigenvalue weighted by molar-refractivity contribution is 0.502. The lowest BCUT2D eigenvalue weighted by Gasteiger charge is -2.02. The molecule has 0 amide bonds. The maximum atomic E-state index is 10.5. The van der Waals surface area contributed by atoms with Crippen LogP contribution in [0.3, 0.4) is 0 Å². The Morgan fingerprint density at radius 3 is 2.46 bits per heavy atom. The molecule has 7 heteroatoms. The van der Waals surface area contributed by atoms with Crippen molar-refractivity contribution in [1.29, 1.82) is 0 Å². The van der Waals surface area contributed by atoms with Crippen molar-refractivity contribution in [2.75, 3.05) is 0 Å². The normalized spacial score (nSPS) is 12.5. The predicted octanol–water partition coefficient (Wildman–Crippen LogP) is 2.10. The molecule has 3 nitrogen and oxygen atoms in total. The van der Waals surface area contributed by atoms with Gasteiger partial charge in [-0.25, -0.2) is 0 Å². The molecule has 13 heavy (non-hydrogen) atoms. The van der Waals surface area contributed by atoms with Crippen LogP contribution in [0.15, 0.2) is 18.2 Å². The van der Waals surface area contributed by atoms with E-state index >= 15 is 0 Å². The lowest BCUT2D eigenvalue weighted by atomic mass is 10.4. The first kappa shape index (κ1) is 11.2. The molecule has 1 rings (SSSR count). The first-order chi connectivity index (χ1) is 5.90. The minimum atomic E-state index is -4.03. The molecule has 0 aliphatic carbocycles. The highest BCUT2D eigenvalue weighted by Crippen LogP contribution is 2.27. The second kappa shape index (κ2) is 4.11. The van der Waals surface area contributed by atoms with Crippen LogP contribution in [0.1, 0.15) is 0 Å². The van der Waals surface area contributed by atoms with Gasteiger partial charge in [-0.15, -0.1) is 0 Å². The van der Waals surface area contributed by atoms with Crippen LogP contribution in [0.5, 0.6) is 0 Å².